The van der Waals surface area contributed by atoms with Crippen LogP contribution in [0.5, 0.6) is 0 Å². The molecular weight excluding hydrogens is 1240 g/mol. The van der Waals surface area contributed by atoms with Crippen LogP contribution in [0, 0.1) is 49.3 Å². The van der Waals surface area contributed by atoms with Gasteiger partial charge in [-0.15, -0.1) is 34.0 Å². The Kier molecular flexibility index (Phi) is 10.3. The van der Waals surface area contributed by atoms with Crippen molar-refractivity contribution >= 4 is 87.2 Å². The van der Waals surface area contributed by atoms with Gasteiger partial charge in [0.25, 0.3) is 0 Å². The molecule has 2 aliphatic rings. The summed E-state index contributed by atoms with van der Waals surface area (Å²) in [5.41, 5.74) is 26.7. The first-order valence-corrected chi connectivity index (χ1v) is 28.6. The normalized spacial score (nSPS) is 13.3. The molecule has 13 aromatic carbocycles. The van der Waals surface area contributed by atoms with Gasteiger partial charge in [0.1, 0.15) is 0 Å². The summed E-state index contributed by atoms with van der Waals surface area (Å²) in [7, 11) is 0. The fourth-order valence-corrected chi connectivity index (χ4v) is 14.8. The molecule has 84 heavy (non-hydrogen) atoms. The van der Waals surface area contributed by atoms with E-state index in [9.17, 15) is 0 Å². The Hall–Kier alpha value is -9.89. The van der Waals surface area contributed by atoms with Crippen molar-refractivity contribution < 1.29 is 31.1 Å². The van der Waals surface area contributed by atoms with Crippen LogP contribution in [0.4, 0.5) is 0 Å². The van der Waals surface area contributed by atoms with Gasteiger partial charge in [0.15, 0.2) is 0 Å². The molecule has 17 aromatic rings. The van der Waals surface area contributed by atoms with E-state index in [2.05, 4.69) is 297 Å². The summed E-state index contributed by atoms with van der Waals surface area (Å²) in [4.78, 5) is 0. The summed E-state index contributed by atoms with van der Waals surface area (Å²) >= 11 is 0. The number of para-hydroxylation sites is 4. The van der Waals surface area contributed by atoms with Crippen LogP contribution in [-0.4, -0.2) is 18.3 Å². The molecule has 2 aliphatic heterocycles. The third kappa shape index (κ3) is 6.54. The zero-order valence-electron chi connectivity index (χ0n) is 45.3. The van der Waals surface area contributed by atoms with Gasteiger partial charge >= 0.3 is 31.1 Å². The van der Waals surface area contributed by atoms with Crippen molar-refractivity contribution in [1.82, 2.24) is 18.3 Å². The third-order valence-corrected chi connectivity index (χ3v) is 18.2. The summed E-state index contributed by atoms with van der Waals surface area (Å²) in [5, 5.41) is 9.61. The third-order valence-electron chi connectivity index (χ3n) is 18.2. The molecule has 0 saturated carbocycles. The van der Waals surface area contributed by atoms with E-state index in [4.69, 9.17) is 0 Å². The van der Waals surface area contributed by atoms with E-state index in [1.165, 1.54) is 99.2 Å². The molecular formula is C79H45N4U. The van der Waals surface area contributed by atoms with Crippen molar-refractivity contribution in [2.24, 2.45) is 0 Å². The van der Waals surface area contributed by atoms with Gasteiger partial charge in [0.05, 0.1) is 16.7 Å². The van der Waals surface area contributed by atoms with E-state index in [1.807, 2.05) is 6.07 Å². The van der Waals surface area contributed by atoms with Crippen LogP contribution in [0.3, 0.4) is 0 Å². The summed E-state index contributed by atoms with van der Waals surface area (Å²) in [6, 6.07) is 110. The molecule has 1 unspecified atom stereocenters. The molecule has 4 aromatic heterocycles. The van der Waals surface area contributed by atoms with E-state index in [1.54, 1.807) is 0 Å². The van der Waals surface area contributed by atoms with Crippen LogP contribution in [0.15, 0.2) is 267 Å². The largest absolute Gasteiger partial charge is 3.00 e. The van der Waals surface area contributed by atoms with Crippen molar-refractivity contribution in [2.75, 3.05) is 0 Å². The summed E-state index contributed by atoms with van der Waals surface area (Å²) in [5.74, 6) is -0.124. The molecule has 0 spiro atoms. The molecule has 4 nitrogen and oxygen atoms in total. The smallest absolute Gasteiger partial charge is 0.364 e. The maximum absolute atomic E-state index is 4.24. The number of hydrogen-bond acceptors (Lipinski definition) is 0. The van der Waals surface area contributed by atoms with Gasteiger partial charge in [-0.2, -0.15) is 42.5 Å². The van der Waals surface area contributed by atoms with Crippen molar-refractivity contribution in [1.29, 1.82) is 0 Å². The number of nitrogens with zero attached hydrogens (tertiary/aromatic N) is 4. The number of aromatic nitrogens is 4. The first kappa shape index (κ1) is 47.7. The predicted octanol–water partition coefficient (Wildman–Crippen LogP) is 20.0. The zero-order valence-corrected chi connectivity index (χ0v) is 49.4. The fraction of sp³-hybridized carbons (Fsp3) is 0.0127. The van der Waals surface area contributed by atoms with Crippen LogP contribution in [-0.2, 0) is 0 Å². The molecule has 0 aliphatic carbocycles. The average molecular weight is 1290 g/mol. The standard InChI is InChI=1S/C79H45N4.U/c1-5-20-48(21-6-1)52-36-39-70-62(42-52)64-45-60(50-24-9-3-10-25-50)73(81-67-33-16-13-28-55(67)56-29-14-17-34-68(56)81)47-74(64)80(70)54-38-41-72-66(44-54)75-59-32-19-31-58-57-30-15-18-35-69(57)83(77(58)59)78-61(51-26-11-4-12-27-51)46-65-63-43-53(49-22-7-2-8-23-49)37-40-71(63)82(72)79(65)76(75)78;/h1-33,35-37,39-46,75H;/q-3;+3. The van der Waals surface area contributed by atoms with Crippen LogP contribution in [0.25, 0.3) is 154 Å². The molecule has 0 amide bonds. The van der Waals surface area contributed by atoms with Gasteiger partial charge in [-0.05, 0) is 80.6 Å². The molecule has 385 valence electrons. The number of rotatable bonds is 6. The van der Waals surface area contributed by atoms with Crippen LogP contribution >= 0.6 is 0 Å². The topological polar surface area (TPSA) is 19.7 Å². The Morgan fingerprint density at radius 2 is 0.869 bits per heavy atom. The van der Waals surface area contributed by atoms with Gasteiger partial charge in [0.2, 0.25) is 0 Å². The Balaban J connectivity index is 0.00000537. The SMILES string of the molecule is [U+3].[c-]1cc2c(cc1-n1c3[c-]c(-n4c5[c-]cccc5c5ccccc54)c(-c4ccccc4)cc3c3cc(-c4ccccc4)ccc31)C1c3cccc4c5ccccc5n(c34)-c3c(-c4ccccc4)cc4c5cc(-c6ccccc6)ccc5n-2c4c31. The molecule has 5 heteroatoms. The van der Waals surface area contributed by atoms with Gasteiger partial charge < -0.3 is 18.3 Å². The predicted molar refractivity (Wildman–Crippen MR) is 343 cm³/mol. The second-order valence-electron chi connectivity index (χ2n) is 22.4. The molecule has 0 N–H and O–H groups in total. The second-order valence-corrected chi connectivity index (χ2v) is 22.4. The monoisotopic (exact) mass is 1290 g/mol. The average Bonchev–Trinajstić information content (AvgIpc) is 1.80. The number of fused-ring (bicyclic) bond motifs is 17. The van der Waals surface area contributed by atoms with E-state index < -0.39 is 0 Å². The molecule has 19 rings (SSSR count). The van der Waals surface area contributed by atoms with Crippen LogP contribution < -0.4 is 0 Å². The Bertz CT molecular complexity index is 5560. The Morgan fingerprint density at radius 3 is 1.56 bits per heavy atom. The maximum atomic E-state index is 4.24. The molecule has 6 heterocycles. The van der Waals surface area contributed by atoms with Gasteiger partial charge in [-0.25, -0.2) is 0 Å². The number of hydrogen-bond donors (Lipinski definition) is 0. The summed E-state index contributed by atoms with van der Waals surface area (Å²) < 4.78 is 10.0. The Labute approximate surface area is 507 Å². The summed E-state index contributed by atoms with van der Waals surface area (Å²) in [6.07, 6.45) is 0. The van der Waals surface area contributed by atoms with E-state index >= 15 is 0 Å². The quantitative estimate of drug-likeness (QED) is 0.148. The minimum atomic E-state index is -0.124. The van der Waals surface area contributed by atoms with Crippen molar-refractivity contribution in [3.63, 3.8) is 0 Å². The number of benzene rings is 13. The zero-order chi connectivity index (χ0) is 54.0. The molecule has 1 radical (unpaired) electrons. The first-order chi connectivity index (χ1) is 41.2. The van der Waals surface area contributed by atoms with E-state index in [-0.39, 0.29) is 37.0 Å². The van der Waals surface area contributed by atoms with E-state index in [0.717, 1.165) is 72.0 Å². The van der Waals surface area contributed by atoms with Crippen molar-refractivity contribution in [3.8, 4) is 67.3 Å². The fourth-order valence-electron chi connectivity index (χ4n) is 14.8. The van der Waals surface area contributed by atoms with Gasteiger partial charge in [-0.3, -0.25) is 0 Å². The van der Waals surface area contributed by atoms with Crippen molar-refractivity contribution in [2.45, 2.75) is 5.92 Å². The molecule has 1 atom stereocenters. The second kappa shape index (κ2) is 18.1. The summed E-state index contributed by atoms with van der Waals surface area (Å²) in [6.45, 7) is 0. The van der Waals surface area contributed by atoms with Crippen molar-refractivity contribution in [3.05, 3.63) is 302 Å². The van der Waals surface area contributed by atoms with E-state index in [0.29, 0.717) is 0 Å². The molecule has 0 fully saturated rings. The van der Waals surface area contributed by atoms with Crippen LogP contribution in [0.1, 0.15) is 22.6 Å². The Morgan fingerprint density at radius 1 is 0.321 bits per heavy atom. The minimum Gasteiger partial charge on any atom is -0.364 e. The molecule has 0 saturated heterocycles. The maximum Gasteiger partial charge on any atom is 3.00 e. The molecule has 0 bridgehead atoms. The van der Waals surface area contributed by atoms with Gasteiger partial charge in [0, 0.05) is 60.7 Å². The first-order valence-electron chi connectivity index (χ1n) is 28.6. The minimum absolute atomic E-state index is 0. The van der Waals surface area contributed by atoms with Crippen LogP contribution in [0.2, 0.25) is 0 Å². The van der Waals surface area contributed by atoms with Gasteiger partial charge in [-0.1, -0.05) is 228 Å².